The van der Waals surface area contributed by atoms with Gasteiger partial charge in [-0.05, 0) is 61.0 Å². The van der Waals surface area contributed by atoms with Crippen molar-refractivity contribution in [1.82, 2.24) is 9.66 Å². The third kappa shape index (κ3) is 5.18. The lowest BCUT2D eigenvalue weighted by Crippen LogP contribution is -2.20. The van der Waals surface area contributed by atoms with E-state index in [4.69, 9.17) is 4.74 Å². The van der Waals surface area contributed by atoms with Crippen molar-refractivity contribution in [3.63, 3.8) is 0 Å². The van der Waals surface area contributed by atoms with E-state index in [0.717, 1.165) is 14.5 Å². The van der Waals surface area contributed by atoms with E-state index in [-0.39, 0.29) is 17.9 Å². The van der Waals surface area contributed by atoms with Crippen molar-refractivity contribution in [2.24, 2.45) is 5.10 Å². The molecule has 1 heterocycles. The van der Waals surface area contributed by atoms with Crippen molar-refractivity contribution >= 4 is 54.7 Å². The normalized spacial score (nSPS) is 11.2. The van der Waals surface area contributed by atoms with Gasteiger partial charge in [-0.15, -0.1) is 0 Å². The minimum Gasteiger partial charge on any atom is -0.488 e. The Bertz CT molecular complexity index is 1450. The minimum atomic E-state index is -0.446. The summed E-state index contributed by atoms with van der Waals surface area (Å²) in [5.41, 5.74) is 1.77. The lowest BCUT2D eigenvalue weighted by Gasteiger charge is -2.10. The fourth-order valence-corrected chi connectivity index (χ4v) is 3.88. The molecule has 4 aromatic rings. The molecule has 0 fully saturated rings. The molecular weight excluding hydrogens is 556 g/mol. The zero-order valence-corrected chi connectivity index (χ0v) is 20.4. The van der Waals surface area contributed by atoms with Crippen molar-refractivity contribution in [3.05, 3.63) is 107 Å². The summed E-state index contributed by atoms with van der Waals surface area (Å²) in [5.74, 6) is 0.997. The smallest absolute Gasteiger partial charge is 0.282 e. The van der Waals surface area contributed by atoms with E-state index in [1.807, 2.05) is 18.2 Å². The number of benzene rings is 3. The molecule has 0 saturated heterocycles. The summed E-state index contributed by atoms with van der Waals surface area (Å²) in [6.45, 7) is 1.93. The first-order valence-corrected chi connectivity index (χ1v) is 11.3. The van der Waals surface area contributed by atoms with E-state index >= 15 is 0 Å². The van der Waals surface area contributed by atoms with Crippen molar-refractivity contribution in [2.75, 3.05) is 0 Å². The highest BCUT2D eigenvalue weighted by atomic mass is 79.9. The molecule has 0 spiro atoms. The lowest BCUT2D eigenvalue weighted by atomic mass is 10.2. The predicted molar refractivity (Wildman–Crippen MR) is 133 cm³/mol. The van der Waals surface area contributed by atoms with Gasteiger partial charge in [-0.2, -0.15) is 9.78 Å². The number of hydrogen-bond acceptors (Lipinski definition) is 6. The molecule has 166 valence electrons. The highest BCUT2D eigenvalue weighted by Gasteiger charge is 2.10. The molecule has 0 bridgehead atoms. The molecule has 0 radical (unpaired) electrons. The van der Waals surface area contributed by atoms with E-state index in [1.54, 1.807) is 37.3 Å². The first kappa shape index (κ1) is 22.8. The first-order chi connectivity index (χ1) is 15.8. The van der Waals surface area contributed by atoms with Crippen LogP contribution in [0.5, 0.6) is 5.75 Å². The molecule has 8 nitrogen and oxygen atoms in total. The zero-order valence-electron chi connectivity index (χ0n) is 17.2. The van der Waals surface area contributed by atoms with Crippen LogP contribution in [0.3, 0.4) is 0 Å². The Morgan fingerprint density at radius 1 is 1.09 bits per heavy atom. The van der Waals surface area contributed by atoms with Gasteiger partial charge in [-0.25, -0.2) is 4.98 Å². The third-order valence-corrected chi connectivity index (χ3v) is 5.78. The lowest BCUT2D eigenvalue weighted by molar-refractivity contribution is -0.384. The van der Waals surface area contributed by atoms with Gasteiger partial charge >= 0.3 is 0 Å². The number of ether oxygens (including phenoxy) is 1. The van der Waals surface area contributed by atoms with Gasteiger partial charge in [-0.1, -0.05) is 31.9 Å². The average molecular weight is 572 g/mol. The average Bonchev–Trinajstić information content (AvgIpc) is 2.79. The fourth-order valence-electron chi connectivity index (χ4n) is 3.14. The van der Waals surface area contributed by atoms with Crippen LogP contribution in [0.15, 0.2) is 79.5 Å². The van der Waals surface area contributed by atoms with Crippen LogP contribution in [0.4, 0.5) is 5.69 Å². The molecule has 0 aliphatic heterocycles. The maximum atomic E-state index is 13.0. The fraction of sp³-hybridized carbons (Fsp3) is 0.0870. The number of halogens is 2. The number of non-ortho nitro benzene ring substituents is 1. The van der Waals surface area contributed by atoms with Crippen LogP contribution in [0.1, 0.15) is 17.0 Å². The summed E-state index contributed by atoms with van der Waals surface area (Å²) in [5, 5.41) is 15.6. The topological polar surface area (TPSA) is 99.6 Å². The van der Waals surface area contributed by atoms with Gasteiger partial charge in [-0.3, -0.25) is 14.9 Å². The first-order valence-electron chi connectivity index (χ1n) is 9.71. The van der Waals surface area contributed by atoms with Crippen molar-refractivity contribution in [1.29, 1.82) is 0 Å². The Morgan fingerprint density at radius 3 is 2.52 bits per heavy atom. The molecule has 33 heavy (non-hydrogen) atoms. The van der Waals surface area contributed by atoms with Crippen LogP contribution < -0.4 is 10.3 Å². The van der Waals surface area contributed by atoms with Crippen molar-refractivity contribution in [2.45, 2.75) is 13.5 Å². The molecule has 4 rings (SSSR count). The Labute approximate surface area is 204 Å². The second kappa shape index (κ2) is 9.63. The summed E-state index contributed by atoms with van der Waals surface area (Å²) in [6, 6.07) is 16.9. The Kier molecular flexibility index (Phi) is 6.66. The van der Waals surface area contributed by atoms with E-state index in [9.17, 15) is 14.9 Å². The number of nitro groups is 1. The molecule has 1 aromatic heterocycles. The molecule has 0 unspecified atom stereocenters. The quantitative estimate of drug-likeness (QED) is 0.170. The maximum Gasteiger partial charge on any atom is 0.282 e. The van der Waals surface area contributed by atoms with E-state index in [2.05, 4.69) is 41.9 Å². The highest BCUT2D eigenvalue weighted by molar-refractivity contribution is 9.10. The van der Waals surface area contributed by atoms with Crippen LogP contribution in [0, 0.1) is 17.0 Å². The van der Waals surface area contributed by atoms with Crippen LogP contribution in [-0.2, 0) is 6.61 Å². The number of nitrogens with zero attached hydrogens (tertiary/aromatic N) is 4. The summed E-state index contributed by atoms with van der Waals surface area (Å²) >= 11 is 6.82. The van der Waals surface area contributed by atoms with Crippen LogP contribution in [0.2, 0.25) is 0 Å². The largest absolute Gasteiger partial charge is 0.488 e. The second-order valence-corrected chi connectivity index (χ2v) is 8.91. The van der Waals surface area contributed by atoms with Gasteiger partial charge in [0, 0.05) is 26.6 Å². The van der Waals surface area contributed by atoms with Gasteiger partial charge in [0.25, 0.3) is 11.2 Å². The molecule has 0 N–H and O–H groups in total. The number of aromatic nitrogens is 2. The Hall–Kier alpha value is -3.37. The summed E-state index contributed by atoms with van der Waals surface area (Å²) in [6.07, 6.45) is 1.54. The van der Waals surface area contributed by atoms with Gasteiger partial charge in [0.2, 0.25) is 0 Å². The van der Waals surface area contributed by atoms with E-state index in [0.29, 0.717) is 28.0 Å². The molecule has 3 aromatic carbocycles. The number of rotatable bonds is 6. The number of nitro benzene ring substituents is 1. The second-order valence-electron chi connectivity index (χ2n) is 7.08. The Morgan fingerprint density at radius 2 is 1.79 bits per heavy atom. The molecule has 0 saturated carbocycles. The molecule has 0 amide bonds. The molecule has 0 aliphatic carbocycles. The maximum absolute atomic E-state index is 13.0. The van der Waals surface area contributed by atoms with Gasteiger partial charge in [0.05, 0.1) is 22.0 Å². The SMILES string of the molecule is Cc1nc2ccc(Br)cc2c(=O)n1N=Cc1cc(Br)ccc1OCc1ccc([N+](=O)[O-])cc1. The third-order valence-electron chi connectivity index (χ3n) is 4.80. The standard InChI is InChI=1S/C23H16Br2N4O4/c1-14-27-21-8-4-18(25)11-20(21)23(30)28(14)26-12-16-10-17(24)5-9-22(16)33-13-15-2-6-19(7-3-15)29(31)32/h2-12H,13H2,1H3. The summed E-state index contributed by atoms with van der Waals surface area (Å²) < 4.78 is 8.76. The van der Waals surface area contributed by atoms with Crippen molar-refractivity contribution in [3.8, 4) is 5.75 Å². The van der Waals surface area contributed by atoms with E-state index in [1.165, 1.54) is 23.0 Å². The summed E-state index contributed by atoms with van der Waals surface area (Å²) in [7, 11) is 0. The minimum absolute atomic E-state index is 0.0204. The monoisotopic (exact) mass is 570 g/mol. The molecule has 10 heteroatoms. The number of hydrogen-bond donors (Lipinski definition) is 0. The summed E-state index contributed by atoms with van der Waals surface area (Å²) in [4.78, 5) is 27.8. The predicted octanol–water partition coefficient (Wildman–Crippen LogP) is 5.60. The van der Waals surface area contributed by atoms with Crippen LogP contribution in [0.25, 0.3) is 10.9 Å². The highest BCUT2D eigenvalue weighted by Crippen LogP contribution is 2.23. The molecule has 0 aliphatic rings. The number of fused-ring (bicyclic) bond motifs is 1. The molecule has 0 atom stereocenters. The van der Waals surface area contributed by atoms with Crippen LogP contribution >= 0.6 is 31.9 Å². The van der Waals surface area contributed by atoms with Gasteiger partial charge < -0.3 is 4.74 Å². The van der Waals surface area contributed by atoms with Crippen LogP contribution in [-0.4, -0.2) is 20.8 Å². The molecular formula is C23H16Br2N4O4. The van der Waals surface area contributed by atoms with Gasteiger partial charge in [0.15, 0.2) is 0 Å². The number of aryl methyl sites for hydroxylation is 1. The van der Waals surface area contributed by atoms with Gasteiger partial charge in [0.1, 0.15) is 18.2 Å². The van der Waals surface area contributed by atoms with E-state index < -0.39 is 4.92 Å². The zero-order chi connectivity index (χ0) is 23.5. The van der Waals surface area contributed by atoms with Crippen molar-refractivity contribution < 1.29 is 9.66 Å². The Balaban J connectivity index is 1.63.